The highest BCUT2D eigenvalue weighted by Crippen LogP contribution is 2.31. The third-order valence-corrected chi connectivity index (χ3v) is 7.22. The van der Waals surface area contributed by atoms with E-state index in [1.165, 1.54) is 29.2 Å². The standard InChI is InChI=1S/C29H25F2N7O3/c1-15-10-25(41-27-20(30)4-3-5-21(27)31)34-13-24(15)38-28(32)18(12-35-38)26(39)23-11-17-19-14-37(29(40)33-2)9-8-16(19)6-7-22(17)36-23/h3-7,10-13,36H,8-9,14,32H2,1-2H3,(H,33,40). The second kappa shape index (κ2) is 10.0. The largest absolute Gasteiger partial charge is 0.433 e. The third-order valence-electron chi connectivity index (χ3n) is 7.22. The number of pyridine rings is 1. The minimum absolute atomic E-state index is 0.0198. The van der Waals surface area contributed by atoms with Gasteiger partial charge in [0.15, 0.2) is 11.6 Å². The molecule has 0 spiro atoms. The van der Waals surface area contributed by atoms with Crippen LogP contribution in [0.3, 0.4) is 0 Å². The number of anilines is 1. The summed E-state index contributed by atoms with van der Waals surface area (Å²) in [5, 5.41) is 7.83. The van der Waals surface area contributed by atoms with Crippen molar-refractivity contribution in [1.29, 1.82) is 0 Å². The number of urea groups is 1. The zero-order valence-corrected chi connectivity index (χ0v) is 22.2. The second-order valence-electron chi connectivity index (χ2n) is 9.72. The van der Waals surface area contributed by atoms with Gasteiger partial charge in [0.1, 0.15) is 5.82 Å². The molecule has 2 aromatic carbocycles. The zero-order chi connectivity index (χ0) is 28.8. The highest BCUT2D eigenvalue weighted by atomic mass is 19.1. The van der Waals surface area contributed by atoms with E-state index in [2.05, 4.69) is 20.4 Å². The molecule has 5 aromatic rings. The van der Waals surface area contributed by atoms with Crippen LogP contribution in [-0.2, 0) is 13.0 Å². The number of carbonyl (C=O) groups excluding carboxylic acids is 2. The minimum Gasteiger partial charge on any atom is -0.433 e. The van der Waals surface area contributed by atoms with Gasteiger partial charge < -0.3 is 25.7 Å². The summed E-state index contributed by atoms with van der Waals surface area (Å²) in [6.45, 7) is 2.78. The molecule has 208 valence electrons. The van der Waals surface area contributed by atoms with E-state index >= 15 is 0 Å². The van der Waals surface area contributed by atoms with Crippen LogP contribution in [0.25, 0.3) is 16.6 Å². The molecule has 0 fully saturated rings. The first-order valence-electron chi connectivity index (χ1n) is 12.8. The topological polar surface area (TPSA) is 131 Å². The van der Waals surface area contributed by atoms with Crippen LogP contribution in [0, 0.1) is 18.6 Å². The highest BCUT2D eigenvalue weighted by molar-refractivity contribution is 6.12. The van der Waals surface area contributed by atoms with Gasteiger partial charge in [0.05, 0.1) is 29.3 Å². The lowest BCUT2D eigenvalue weighted by molar-refractivity contribution is 0.103. The number of ketones is 1. The number of benzene rings is 2. The molecular formula is C29H25F2N7O3. The lowest BCUT2D eigenvalue weighted by atomic mass is 9.96. The van der Waals surface area contributed by atoms with Gasteiger partial charge in [-0.05, 0) is 54.3 Å². The SMILES string of the molecule is CNC(=O)N1CCc2ccc3[nH]c(C(=O)c4cnn(-c5cnc(Oc6c(F)cccc6F)cc5C)c4N)cc3c2C1. The van der Waals surface area contributed by atoms with E-state index < -0.39 is 17.4 Å². The molecule has 0 saturated heterocycles. The number of nitrogens with one attached hydrogen (secondary N) is 2. The highest BCUT2D eigenvalue weighted by Gasteiger charge is 2.25. The number of H-pyrrole nitrogens is 1. The fourth-order valence-corrected chi connectivity index (χ4v) is 5.06. The number of nitrogens with two attached hydrogens (primary N) is 1. The van der Waals surface area contributed by atoms with Crippen molar-refractivity contribution < 1.29 is 23.1 Å². The van der Waals surface area contributed by atoms with Gasteiger partial charge in [0.25, 0.3) is 0 Å². The predicted molar refractivity (Wildman–Crippen MR) is 147 cm³/mol. The Labute approximate surface area is 232 Å². The Hall–Kier alpha value is -5.26. The molecule has 1 aliphatic rings. The Morgan fingerprint density at radius 1 is 1.12 bits per heavy atom. The van der Waals surface area contributed by atoms with Crippen molar-refractivity contribution in [3.63, 3.8) is 0 Å². The molecule has 2 amide bonds. The normalized spacial score (nSPS) is 12.8. The van der Waals surface area contributed by atoms with Crippen LogP contribution in [0.4, 0.5) is 19.4 Å². The summed E-state index contributed by atoms with van der Waals surface area (Å²) < 4.78 is 34.7. The monoisotopic (exact) mass is 557 g/mol. The molecule has 0 aliphatic carbocycles. The van der Waals surface area contributed by atoms with Gasteiger partial charge in [-0.1, -0.05) is 12.1 Å². The molecule has 41 heavy (non-hydrogen) atoms. The van der Waals surface area contributed by atoms with Crippen molar-refractivity contribution in [1.82, 2.24) is 30.0 Å². The van der Waals surface area contributed by atoms with Crippen LogP contribution in [0.1, 0.15) is 32.7 Å². The average molecular weight is 558 g/mol. The molecule has 0 radical (unpaired) electrons. The number of nitrogens with zero attached hydrogens (tertiary/aromatic N) is 4. The van der Waals surface area contributed by atoms with Gasteiger partial charge in [0, 0.05) is 37.1 Å². The molecule has 3 aromatic heterocycles. The van der Waals surface area contributed by atoms with Gasteiger partial charge in [-0.25, -0.2) is 23.2 Å². The van der Waals surface area contributed by atoms with Gasteiger partial charge in [-0.2, -0.15) is 5.10 Å². The molecule has 12 heteroatoms. The number of fused-ring (bicyclic) bond motifs is 3. The summed E-state index contributed by atoms with van der Waals surface area (Å²) in [7, 11) is 1.60. The number of amides is 2. The first kappa shape index (κ1) is 26.0. The molecular weight excluding hydrogens is 532 g/mol. The maximum Gasteiger partial charge on any atom is 0.317 e. The quantitative estimate of drug-likeness (QED) is 0.270. The van der Waals surface area contributed by atoms with Crippen LogP contribution < -0.4 is 15.8 Å². The summed E-state index contributed by atoms with van der Waals surface area (Å²) >= 11 is 0. The maximum atomic E-state index is 14.0. The number of halogens is 2. The Bertz CT molecular complexity index is 1830. The maximum absolute atomic E-state index is 14.0. The second-order valence-corrected chi connectivity index (χ2v) is 9.72. The lowest BCUT2D eigenvalue weighted by Crippen LogP contribution is -2.41. The lowest BCUT2D eigenvalue weighted by Gasteiger charge is -2.29. The summed E-state index contributed by atoms with van der Waals surface area (Å²) in [6.07, 6.45) is 3.50. The Balaban J connectivity index is 1.28. The molecule has 6 rings (SSSR count). The molecule has 0 saturated carbocycles. The number of aromatic amines is 1. The predicted octanol–water partition coefficient (Wildman–Crippen LogP) is 4.64. The Morgan fingerprint density at radius 2 is 1.90 bits per heavy atom. The fourth-order valence-electron chi connectivity index (χ4n) is 5.06. The molecule has 1 aliphatic heterocycles. The minimum atomic E-state index is -0.853. The fraction of sp³-hybridized carbons (Fsp3) is 0.172. The number of para-hydroxylation sites is 1. The van der Waals surface area contributed by atoms with E-state index in [-0.39, 0.29) is 29.1 Å². The molecule has 10 nitrogen and oxygen atoms in total. The summed E-state index contributed by atoms with van der Waals surface area (Å²) in [5.74, 6) is -2.53. The number of ether oxygens (including phenoxy) is 1. The van der Waals surface area contributed by atoms with Gasteiger partial charge in [-0.3, -0.25) is 4.79 Å². The van der Waals surface area contributed by atoms with Crippen molar-refractivity contribution in [3.8, 4) is 17.3 Å². The number of hydrogen-bond acceptors (Lipinski definition) is 6. The Morgan fingerprint density at radius 3 is 2.63 bits per heavy atom. The van der Waals surface area contributed by atoms with Crippen molar-refractivity contribution in [3.05, 3.63) is 94.4 Å². The van der Waals surface area contributed by atoms with Crippen LogP contribution >= 0.6 is 0 Å². The van der Waals surface area contributed by atoms with Crippen molar-refractivity contribution in [2.75, 3.05) is 19.3 Å². The van der Waals surface area contributed by atoms with Crippen LogP contribution in [-0.4, -0.2) is 50.1 Å². The van der Waals surface area contributed by atoms with E-state index in [1.54, 1.807) is 24.9 Å². The Kier molecular flexibility index (Phi) is 6.37. The van der Waals surface area contributed by atoms with E-state index in [0.29, 0.717) is 30.0 Å². The zero-order valence-electron chi connectivity index (χ0n) is 22.2. The third kappa shape index (κ3) is 4.52. The van der Waals surface area contributed by atoms with Gasteiger partial charge in [-0.15, -0.1) is 0 Å². The number of nitrogen functional groups attached to an aromatic ring is 1. The number of hydrogen-bond donors (Lipinski definition) is 3. The molecule has 0 atom stereocenters. The van der Waals surface area contributed by atoms with Crippen molar-refractivity contribution in [2.24, 2.45) is 0 Å². The summed E-state index contributed by atoms with van der Waals surface area (Å²) in [5.41, 5.74) is 10.9. The number of carbonyl (C=O) groups is 2. The molecule has 4 N–H and O–H groups in total. The summed E-state index contributed by atoms with van der Waals surface area (Å²) in [6, 6.07) is 10.5. The van der Waals surface area contributed by atoms with E-state index in [1.807, 2.05) is 12.1 Å². The number of aryl methyl sites for hydroxylation is 1. The summed E-state index contributed by atoms with van der Waals surface area (Å²) in [4.78, 5) is 34.8. The van der Waals surface area contributed by atoms with Crippen LogP contribution in [0.15, 0.2) is 54.9 Å². The molecule has 4 heterocycles. The first-order valence-corrected chi connectivity index (χ1v) is 12.8. The van der Waals surface area contributed by atoms with Gasteiger partial charge in [0.2, 0.25) is 17.4 Å². The van der Waals surface area contributed by atoms with Crippen LogP contribution in [0.2, 0.25) is 0 Å². The van der Waals surface area contributed by atoms with Crippen molar-refractivity contribution >= 4 is 28.5 Å². The average Bonchev–Trinajstić information content (AvgIpc) is 3.58. The first-order chi connectivity index (χ1) is 19.7. The van der Waals surface area contributed by atoms with E-state index in [0.717, 1.165) is 40.6 Å². The van der Waals surface area contributed by atoms with E-state index in [9.17, 15) is 18.4 Å². The number of rotatable bonds is 5. The molecule has 0 unspecified atom stereocenters. The molecule has 0 bridgehead atoms. The van der Waals surface area contributed by atoms with E-state index in [4.69, 9.17) is 10.5 Å². The van der Waals surface area contributed by atoms with Crippen LogP contribution in [0.5, 0.6) is 11.6 Å². The smallest absolute Gasteiger partial charge is 0.317 e. The van der Waals surface area contributed by atoms with Gasteiger partial charge >= 0.3 is 6.03 Å². The van der Waals surface area contributed by atoms with Crippen molar-refractivity contribution in [2.45, 2.75) is 19.9 Å². The number of aromatic nitrogens is 4.